The van der Waals surface area contributed by atoms with E-state index in [4.69, 9.17) is 10.9 Å². The van der Waals surface area contributed by atoms with Crippen LogP contribution in [0.15, 0.2) is 12.3 Å². The second-order valence-electron chi connectivity index (χ2n) is 5.85. The summed E-state index contributed by atoms with van der Waals surface area (Å²) in [5.74, 6) is 6.72. The van der Waals surface area contributed by atoms with Crippen molar-refractivity contribution in [1.29, 1.82) is 0 Å². The molecule has 114 valence electrons. The monoisotopic (exact) mass is 296 g/mol. The normalized spacial score (nSPS) is 19.4. The van der Waals surface area contributed by atoms with Gasteiger partial charge in [-0.25, -0.2) is 0 Å². The Balaban J connectivity index is 1.84. The minimum atomic E-state index is 0.306. The lowest BCUT2D eigenvalue weighted by Gasteiger charge is -2.16. The maximum Gasteiger partial charge on any atom is 0.0641 e. The summed E-state index contributed by atoms with van der Waals surface area (Å²) < 4.78 is 2.16. The highest BCUT2D eigenvalue weighted by Crippen LogP contribution is 2.28. The van der Waals surface area contributed by atoms with Crippen LogP contribution in [0.5, 0.6) is 0 Å². The summed E-state index contributed by atoms with van der Waals surface area (Å²) in [6.07, 6.45) is 9.52. The molecule has 2 unspecified atom stereocenters. The van der Waals surface area contributed by atoms with Crippen molar-refractivity contribution in [2.45, 2.75) is 69.7 Å². The molecule has 0 aromatic carbocycles. The Bertz CT molecular complexity index is 387. The highest BCUT2D eigenvalue weighted by Gasteiger charge is 2.18. The van der Waals surface area contributed by atoms with Crippen molar-refractivity contribution in [3.8, 4) is 0 Å². The maximum atomic E-state index is 5.68. The van der Waals surface area contributed by atoms with Gasteiger partial charge in [-0.1, -0.05) is 26.7 Å². The minimum absolute atomic E-state index is 0.306. The Morgan fingerprint density at radius 2 is 2.25 bits per heavy atom. The summed E-state index contributed by atoms with van der Waals surface area (Å²) in [6, 6.07) is 3.08. The molecule has 0 bridgehead atoms. The van der Waals surface area contributed by atoms with Crippen molar-refractivity contribution in [3.05, 3.63) is 18.0 Å². The average Bonchev–Trinajstić information content (AvgIpc) is 3.13. The van der Waals surface area contributed by atoms with Crippen LogP contribution < -0.4 is 11.3 Å². The molecular formula is C15H28N4S. The molecule has 1 aliphatic carbocycles. The number of thioether (sulfide) groups is 1. The van der Waals surface area contributed by atoms with Crippen LogP contribution >= 0.6 is 11.8 Å². The third-order valence-electron chi connectivity index (χ3n) is 4.21. The van der Waals surface area contributed by atoms with Crippen molar-refractivity contribution in [1.82, 2.24) is 15.2 Å². The first-order valence-corrected chi connectivity index (χ1v) is 8.89. The number of nitrogens with two attached hydrogens (primary N) is 1. The Labute approximate surface area is 126 Å². The van der Waals surface area contributed by atoms with Gasteiger partial charge in [-0.15, -0.1) is 0 Å². The van der Waals surface area contributed by atoms with Gasteiger partial charge in [0, 0.05) is 29.7 Å². The van der Waals surface area contributed by atoms with Crippen molar-refractivity contribution < 1.29 is 0 Å². The van der Waals surface area contributed by atoms with Gasteiger partial charge in [0.2, 0.25) is 0 Å². The Kier molecular flexibility index (Phi) is 6.39. The van der Waals surface area contributed by atoms with Gasteiger partial charge in [0.25, 0.3) is 0 Å². The molecule has 1 fully saturated rings. The van der Waals surface area contributed by atoms with Crippen LogP contribution in [0, 0.1) is 0 Å². The lowest BCUT2D eigenvalue weighted by atomic mass is 10.2. The highest BCUT2D eigenvalue weighted by molar-refractivity contribution is 7.99. The zero-order valence-electron chi connectivity index (χ0n) is 12.7. The number of hydrogen-bond acceptors (Lipinski definition) is 4. The summed E-state index contributed by atoms with van der Waals surface area (Å²) in [5, 5.41) is 5.44. The molecule has 2 rings (SSSR count). The van der Waals surface area contributed by atoms with Gasteiger partial charge in [-0.3, -0.25) is 16.0 Å². The summed E-state index contributed by atoms with van der Waals surface area (Å²) in [5.41, 5.74) is 4.10. The molecule has 2 atom stereocenters. The van der Waals surface area contributed by atoms with E-state index >= 15 is 0 Å². The standard InChI is InChI=1S/C15H28N4S/c1-3-12(2)20-11-14(17-16)10-13-8-9-19(18-13)15-6-4-5-7-15/h8-9,12,14-15,17H,3-7,10-11,16H2,1-2H3. The van der Waals surface area contributed by atoms with Crippen molar-refractivity contribution in [2.75, 3.05) is 5.75 Å². The van der Waals surface area contributed by atoms with Gasteiger partial charge in [0.05, 0.1) is 11.7 Å². The lowest BCUT2D eigenvalue weighted by Crippen LogP contribution is -2.39. The molecule has 0 spiro atoms. The number of nitrogens with one attached hydrogen (secondary N) is 1. The number of aromatic nitrogens is 2. The van der Waals surface area contributed by atoms with Crippen LogP contribution in [0.4, 0.5) is 0 Å². The van der Waals surface area contributed by atoms with Gasteiger partial charge in [-0.05, 0) is 25.3 Å². The first-order chi connectivity index (χ1) is 9.72. The lowest BCUT2D eigenvalue weighted by molar-refractivity contribution is 0.459. The van der Waals surface area contributed by atoms with E-state index in [1.165, 1.54) is 32.1 Å². The Hall–Kier alpha value is -0.520. The first kappa shape index (κ1) is 15.9. The first-order valence-electron chi connectivity index (χ1n) is 7.84. The molecule has 20 heavy (non-hydrogen) atoms. The second-order valence-corrected chi connectivity index (χ2v) is 7.32. The van der Waals surface area contributed by atoms with Gasteiger partial charge < -0.3 is 0 Å². The van der Waals surface area contributed by atoms with Crippen LogP contribution in [0.25, 0.3) is 0 Å². The van der Waals surface area contributed by atoms with Crippen LogP contribution in [0.1, 0.15) is 57.7 Å². The highest BCUT2D eigenvalue weighted by atomic mass is 32.2. The Morgan fingerprint density at radius 1 is 1.50 bits per heavy atom. The molecule has 3 N–H and O–H groups in total. The summed E-state index contributed by atoms with van der Waals surface area (Å²) in [4.78, 5) is 0. The van der Waals surface area contributed by atoms with E-state index in [9.17, 15) is 0 Å². The molecule has 1 aromatic heterocycles. The maximum absolute atomic E-state index is 5.68. The predicted molar refractivity (Wildman–Crippen MR) is 86.8 cm³/mol. The van der Waals surface area contributed by atoms with Crippen LogP contribution in [-0.4, -0.2) is 26.8 Å². The molecule has 1 heterocycles. The van der Waals surface area contributed by atoms with E-state index in [0.29, 0.717) is 17.3 Å². The van der Waals surface area contributed by atoms with E-state index in [1.807, 2.05) is 11.8 Å². The van der Waals surface area contributed by atoms with Crippen molar-refractivity contribution in [2.24, 2.45) is 5.84 Å². The molecule has 0 saturated heterocycles. The van der Waals surface area contributed by atoms with E-state index in [2.05, 4.69) is 36.2 Å². The second kappa shape index (κ2) is 8.05. The molecule has 4 nitrogen and oxygen atoms in total. The van der Waals surface area contributed by atoms with E-state index in [0.717, 1.165) is 17.9 Å². The van der Waals surface area contributed by atoms with Gasteiger partial charge in [-0.2, -0.15) is 16.9 Å². The molecule has 5 heteroatoms. The molecule has 1 saturated carbocycles. The molecule has 0 radical (unpaired) electrons. The van der Waals surface area contributed by atoms with Crippen molar-refractivity contribution >= 4 is 11.8 Å². The van der Waals surface area contributed by atoms with Gasteiger partial charge in [0.1, 0.15) is 0 Å². The number of hydrogen-bond donors (Lipinski definition) is 2. The van der Waals surface area contributed by atoms with Gasteiger partial charge in [0.15, 0.2) is 0 Å². The SMILES string of the molecule is CCC(C)SCC(Cc1ccn(C2CCCC2)n1)NN. The fourth-order valence-corrected chi connectivity index (χ4v) is 3.69. The van der Waals surface area contributed by atoms with E-state index in [-0.39, 0.29) is 0 Å². The molecule has 0 aliphatic heterocycles. The van der Waals surface area contributed by atoms with Crippen LogP contribution in [0.2, 0.25) is 0 Å². The summed E-state index contributed by atoms with van der Waals surface area (Å²) in [7, 11) is 0. The summed E-state index contributed by atoms with van der Waals surface area (Å²) >= 11 is 1.98. The predicted octanol–water partition coefficient (Wildman–Crippen LogP) is 2.90. The number of nitrogens with zero attached hydrogens (tertiary/aromatic N) is 2. The van der Waals surface area contributed by atoms with E-state index < -0.39 is 0 Å². The fourth-order valence-electron chi connectivity index (χ4n) is 2.68. The largest absolute Gasteiger partial charge is 0.271 e. The zero-order chi connectivity index (χ0) is 14.4. The van der Waals surface area contributed by atoms with Crippen LogP contribution in [-0.2, 0) is 6.42 Å². The number of rotatable bonds is 8. The average molecular weight is 296 g/mol. The zero-order valence-corrected chi connectivity index (χ0v) is 13.5. The molecular weight excluding hydrogens is 268 g/mol. The third kappa shape index (κ3) is 4.50. The van der Waals surface area contributed by atoms with Crippen LogP contribution in [0.3, 0.4) is 0 Å². The quantitative estimate of drug-likeness (QED) is 0.572. The Morgan fingerprint density at radius 3 is 2.90 bits per heavy atom. The third-order valence-corrected chi connectivity index (χ3v) is 5.71. The fraction of sp³-hybridized carbons (Fsp3) is 0.800. The van der Waals surface area contributed by atoms with E-state index in [1.54, 1.807) is 0 Å². The smallest absolute Gasteiger partial charge is 0.0641 e. The minimum Gasteiger partial charge on any atom is -0.271 e. The molecule has 0 amide bonds. The summed E-state index contributed by atoms with van der Waals surface area (Å²) in [6.45, 7) is 4.50. The number of hydrazine groups is 1. The molecule has 1 aliphatic rings. The van der Waals surface area contributed by atoms with Gasteiger partial charge >= 0.3 is 0 Å². The van der Waals surface area contributed by atoms with Crippen molar-refractivity contribution in [3.63, 3.8) is 0 Å². The molecule has 1 aromatic rings. The topological polar surface area (TPSA) is 55.9 Å².